The Balaban J connectivity index is 3.03. The lowest BCUT2D eigenvalue weighted by atomic mass is 10.1. The van der Waals surface area contributed by atoms with E-state index in [0.717, 1.165) is 11.8 Å². The van der Waals surface area contributed by atoms with Gasteiger partial charge < -0.3 is 14.8 Å². The maximum absolute atomic E-state index is 10.8. The van der Waals surface area contributed by atoms with E-state index in [1.165, 1.54) is 21.1 Å². The second kappa shape index (κ2) is 7.20. The molecule has 0 aromatic heterocycles. The van der Waals surface area contributed by atoms with E-state index >= 15 is 0 Å². The second-order valence-corrected chi connectivity index (χ2v) is 3.80. The molecular weight excluding hydrogens is 246 g/mol. The van der Waals surface area contributed by atoms with Gasteiger partial charge in [0.05, 0.1) is 19.8 Å². The molecule has 1 aromatic carbocycles. The van der Waals surface area contributed by atoms with Crippen LogP contribution in [0.25, 0.3) is 6.08 Å². The number of nitrogens with one attached hydrogen (secondary N) is 1. The quantitative estimate of drug-likeness (QED) is 0.793. The van der Waals surface area contributed by atoms with Gasteiger partial charge >= 0.3 is 0 Å². The molecule has 0 saturated heterocycles. The number of aldehydes is 1. The first-order valence-corrected chi connectivity index (χ1v) is 5.74. The molecule has 0 unspecified atom stereocenters. The minimum Gasteiger partial charge on any atom is -0.496 e. The SMILES string of the molecule is COc1cc(C=O)cc(OC)c1C=CCNC(C)=O. The van der Waals surface area contributed by atoms with Crippen LogP contribution in [-0.4, -0.2) is 33.0 Å². The topological polar surface area (TPSA) is 64.6 Å². The summed E-state index contributed by atoms with van der Waals surface area (Å²) >= 11 is 0. The van der Waals surface area contributed by atoms with Crippen LogP contribution in [0.4, 0.5) is 0 Å². The number of amides is 1. The molecule has 0 fully saturated rings. The predicted octanol–water partition coefficient (Wildman–Crippen LogP) is 1.67. The number of hydrogen-bond donors (Lipinski definition) is 1. The molecule has 5 heteroatoms. The summed E-state index contributed by atoms with van der Waals surface area (Å²) in [6.07, 6.45) is 4.29. The first-order chi connectivity index (χ1) is 9.12. The molecule has 5 nitrogen and oxygen atoms in total. The van der Waals surface area contributed by atoms with Crippen molar-refractivity contribution in [3.05, 3.63) is 29.3 Å². The zero-order valence-electron chi connectivity index (χ0n) is 11.2. The van der Waals surface area contributed by atoms with Crippen LogP contribution in [0.15, 0.2) is 18.2 Å². The average molecular weight is 263 g/mol. The van der Waals surface area contributed by atoms with E-state index in [1.807, 2.05) is 0 Å². The number of benzene rings is 1. The molecule has 102 valence electrons. The molecule has 1 N–H and O–H groups in total. The molecule has 1 rings (SSSR count). The van der Waals surface area contributed by atoms with Gasteiger partial charge in [-0.2, -0.15) is 0 Å². The van der Waals surface area contributed by atoms with Gasteiger partial charge in [0.1, 0.15) is 17.8 Å². The number of ether oxygens (including phenoxy) is 2. The number of rotatable bonds is 6. The van der Waals surface area contributed by atoms with Crippen molar-refractivity contribution in [2.75, 3.05) is 20.8 Å². The van der Waals surface area contributed by atoms with Gasteiger partial charge in [-0.25, -0.2) is 0 Å². The van der Waals surface area contributed by atoms with E-state index < -0.39 is 0 Å². The zero-order chi connectivity index (χ0) is 14.3. The summed E-state index contributed by atoms with van der Waals surface area (Å²) in [5, 5.41) is 2.65. The number of carbonyl (C=O) groups is 2. The van der Waals surface area contributed by atoms with Gasteiger partial charge in [-0.1, -0.05) is 6.08 Å². The van der Waals surface area contributed by atoms with Gasteiger partial charge in [0, 0.05) is 19.0 Å². The summed E-state index contributed by atoms with van der Waals surface area (Å²) < 4.78 is 10.5. The van der Waals surface area contributed by atoms with Gasteiger partial charge in [-0.3, -0.25) is 9.59 Å². The third-order valence-corrected chi connectivity index (χ3v) is 2.46. The second-order valence-electron chi connectivity index (χ2n) is 3.80. The smallest absolute Gasteiger partial charge is 0.217 e. The Labute approximate surface area is 112 Å². The minimum atomic E-state index is -0.0973. The van der Waals surface area contributed by atoms with Gasteiger partial charge in [0.2, 0.25) is 5.91 Å². The highest BCUT2D eigenvalue weighted by atomic mass is 16.5. The lowest BCUT2D eigenvalue weighted by Gasteiger charge is -2.11. The van der Waals surface area contributed by atoms with Gasteiger partial charge in [-0.15, -0.1) is 0 Å². The molecule has 0 saturated carbocycles. The summed E-state index contributed by atoms with van der Waals surface area (Å²) in [6, 6.07) is 3.27. The molecule has 0 atom stereocenters. The van der Waals surface area contributed by atoms with Crippen LogP contribution in [0, 0.1) is 0 Å². The fraction of sp³-hybridized carbons (Fsp3) is 0.286. The van der Waals surface area contributed by atoms with E-state index in [4.69, 9.17) is 9.47 Å². The summed E-state index contributed by atoms with van der Waals surface area (Å²) in [5.41, 5.74) is 1.20. The van der Waals surface area contributed by atoms with Gasteiger partial charge in [0.15, 0.2) is 0 Å². The summed E-state index contributed by atoms with van der Waals surface area (Å²) in [6.45, 7) is 1.87. The van der Waals surface area contributed by atoms with Crippen LogP contribution in [0.2, 0.25) is 0 Å². The summed E-state index contributed by atoms with van der Waals surface area (Å²) in [5.74, 6) is 0.987. The largest absolute Gasteiger partial charge is 0.496 e. The van der Waals surface area contributed by atoms with Crippen molar-refractivity contribution in [2.24, 2.45) is 0 Å². The molecule has 0 heterocycles. The van der Waals surface area contributed by atoms with Crippen LogP contribution in [0.3, 0.4) is 0 Å². The summed E-state index contributed by atoms with van der Waals surface area (Å²) in [4.78, 5) is 21.6. The molecule has 0 aliphatic rings. The highest BCUT2D eigenvalue weighted by molar-refractivity contribution is 5.80. The number of methoxy groups -OCH3 is 2. The van der Waals surface area contributed by atoms with E-state index in [0.29, 0.717) is 23.6 Å². The van der Waals surface area contributed by atoms with Crippen molar-refractivity contribution in [3.8, 4) is 11.5 Å². The van der Waals surface area contributed by atoms with E-state index in [9.17, 15) is 9.59 Å². The van der Waals surface area contributed by atoms with Gasteiger partial charge in [0.25, 0.3) is 0 Å². The highest BCUT2D eigenvalue weighted by Gasteiger charge is 2.09. The van der Waals surface area contributed by atoms with Crippen LogP contribution >= 0.6 is 0 Å². The lowest BCUT2D eigenvalue weighted by molar-refractivity contribution is -0.118. The van der Waals surface area contributed by atoms with E-state index in [1.54, 1.807) is 24.3 Å². The van der Waals surface area contributed by atoms with Crippen molar-refractivity contribution >= 4 is 18.3 Å². The van der Waals surface area contributed by atoms with Crippen LogP contribution in [-0.2, 0) is 4.79 Å². The molecule has 0 aliphatic heterocycles. The standard InChI is InChI=1S/C14H17NO4/c1-10(17)15-6-4-5-12-13(18-2)7-11(9-16)8-14(12)19-3/h4-5,7-9H,6H2,1-3H3,(H,15,17). The van der Waals surface area contributed by atoms with Crippen molar-refractivity contribution in [1.82, 2.24) is 5.32 Å². The molecule has 1 aromatic rings. The Morgan fingerprint density at radius 2 is 1.84 bits per heavy atom. The van der Waals surface area contributed by atoms with E-state index in [2.05, 4.69) is 5.32 Å². The molecule has 0 radical (unpaired) electrons. The fourth-order valence-electron chi connectivity index (χ4n) is 1.57. The maximum atomic E-state index is 10.8. The highest BCUT2D eigenvalue weighted by Crippen LogP contribution is 2.31. The number of carbonyl (C=O) groups excluding carboxylic acids is 2. The van der Waals surface area contributed by atoms with Crippen molar-refractivity contribution in [2.45, 2.75) is 6.92 Å². The monoisotopic (exact) mass is 263 g/mol. The maximum Gasteiger partial charge on any atom is 0.217 e. The Hall–Kier alpha value is -2.30. The third-order valence-electron chi connectivity index (χ3n) is 2.46. The Morgan fingerprint density at radius 1 is 1.26 bits per heavy atom. The van der Waals surface area contributed by atoms with Crippen LogP contribution in [0.1, 0.15) is 22.8 Å². The van der Waals surface area contributed by atoms with Gasteiger partial charge in [-0.05, 0) is 18.2 Å². The molecule has 1 amide bonds. The number of hydrogen-bond acceptors (Lipinski definition) is 4. The summed E-state index contributed by atoms with van der Waals surface area (Å²) in [7, 11) is 3.04. The zero-order valence-corrected chi connectivity index (χ0v) is 11.2. The minimum absolute atomic E-state index is 0.0973. The molecule has 19 heavy (non-hydrogen) atoms. The average Bonchev–Trinajstić information content (AvgIpc) is 2.42. The normalized spacial score (nSPS) is 10.3. The van der Waals surface area contributed by atoms with Crippen LogP contribution < -0.4 is 14.8 Å². The lowest BCUT2D eigenvalue weighted by Crippen LogP contribution is -2.19. The van der Waals surface area contributed by atoms with Crippen molar-refractivity contribution < 1.29 is 19.1 Å². The fourth-order valence-corrected chi connectivity index (χ4v) is 1.57. The van der Waals surface area contributed by atoms with Crippen LogP contribution in [0.5, 0.6) is 11.5 Å². The Morgan fingerprint density at radius 3 is 2.26 bits per heavy atom. The van der Waals surface area contributed by atoms with Crippen molar-refractivity contribution in [3.63, 3.8) is 0 Å². The van der Waals surface area contributed by atoms with E-state index in [-0.39, 0.29) is 5.91 Å². The first kappa shape index (κ1) is 14.8. The third kappa shape index (κ3) is 4.13. The molecule has 0 spiro atoms. The van der Waals surface area contributed by atoms with Crippen molar-refractivity contribution in [1.29, 1.82) is 0 Å². The molecule has 0 aliphatic carbocycles. The predicted molar refractivity (Wildman–Crippen MR) is 72.7 cm³/mol. The molecule has 0 bridgehead atoms. The Kier molecular flexibility index (Phi) is 5.60. The molecular formula is C14H17NO4. The Bertz CT molecular complexity index is 469. The first-order valence-electron chi connectivity index (χ1n) is 5.74.